The maximum atomic E-state index is 12.3. The van der Waals surface area contributed by atoms with Crippen molar-refractivity contribution in [1.29, 1.82) is 0 Å². The first-order valence-corrected chi connectivity index (χ1v) is 6.54. The highest BCUT2D eigenvalue weighted by atomic mass is 35.5. The van der Waals surface area contributed by atoms with E-state index in [1.807, 2.05) is 36.4 Å². The third-order valence-corrected chi connectivity index (χ3v) is 3.34. The van der Waals surface area contributed by atoms with Crippen LogP contribution in [-0.4, -0.2) is 16.6 Å². The van der Waals surface area contributed by atoms with Gasteiger partial charge >= 0.3 is 5.69 Å². The van der Waals surface area contributed by atoms with E-state index in [9.17, 15) is 4.79 Å². The average molecular weight is 286 g/mol. The molecule has 20 heavy (non-hydrogen) atoms. The Kier molecular flexibility index (Phi) is 3.16. The third-order valence-electron chi connectivity index (χ3n) is 3.11. The molecule has 0 spiro atoms. The van der Waals surface area contributed by atoms with Crippen molar-refractivity contribution in [1.82, 2.24) is 9.55 Å². The Balaban J connectivity index is 2.46. The molecule has 100 valence electrons. The highest BCUT2D eigenvalue weighted by molar-refractivity contribution is 6.31. The molecule has 4 nitrogen and oxygen atoms in total. The Bertz CT molecular complexity index is 828. The van der Waals surface area contributed by atoms with Gasteiger partial charge in [-0.1, -0.05) is 29.8 Å². The van der Waals surface area contributed by atoms with Gasteiger partial charge in [0, 0.05) is 17.5 Å². The van der Waals surface area contributed by atoms with E-state index in [0.717, 1.165) is 16.6 Å². The Labute approximate surface area is 120 Å². The van der Waals surface area contributed by atoms with Crippen LogP contribution in [0.5, 0.6) is 0 Å². The van der Waals surface area contributed by atoms with E-state index >= 15 is 0 Å². The van der Waals surface area contributed by atoms with Gasteiger partial charge in [-0.05, 0) is 30.3 Å². The van der Waals surface area contributed by atoms with E-state index in [2.05, 4.69) is 10.3 Å². The summed E-state index contributed by atoms with van der Waals surface area (Å²) < 4.78 is 1.56. The lowest BCUT2D eigenvalue weighted by molar-refractivity contribution is 0.961. The first kappa shape index (κ1) is 12.7. The van der Waals surface area contributed by atoms with Gasteiger partial charge in [0.2, 0.25) is 0 Å². The Morgan fingerprint density at radius 2 is 1.90 bits per heavy atom. The van der Waals surface area contributed by atoms with Crippen molar-refractivity contribution in [2.24, 2.45) is 0 Å². The summed E-state index contributed by atoms with van der Waals surface area (Å²) in [5.74, 6) is 0.550. The van der Waals surface area contributed by atoms with Gasteiger partial charge < -0.3 is 5.32 Å². The summed E-state index contributed by atoms with van der Waals surface area (Å²) in [5, 5.41) is 4.37. The lowest BCUT2D eigenvalue weighted by Gasteiger charge is -2.12. The summed E-state index contributed by atoms with van der Waals surface area (Å²) in [7, 11) is 1.74. The lowest BCUT2D eigenvalue weighted by atomic mass is 10.2. The largest absolute Gasteiger partial charge is 0.372 e. The summed E-state index contributed by atoms with van der Waals surface area (Å²) in [4.78, 5) is 16.4. The summed E-state index contributed by atoms with van der Waals surface area (Å²) in [6.07, 6.45) is 0. The minimum atomic E-state index is -0.338. The second kappa shape index (κ2) is 4.98. The molecule has 2 aromatic carbocycles. The maximum Gasteiger partial charge on any atom is 0.354 e. The zero-order chi connectivity index (χ0) is 14.1. The van der Waals surface area contributed by atoms with E-state index in [0.29, 0.717) is 10.8 Å². The van der Waals surface area contributed by atoms with Crippen LogP contribution in [0, 0.1) is 0 Å². The number of rotatable bonds is 2. The van der Waals surface area contributed by atoms with Crippen LogP contribution in [0.15, 0.2) is 53.3 Å². The van der Waals surface area contributed by atoms with E-state index in [1.54, 1.807) is 23.7 Å². The van der Waals surface area contributed by atoms with Gasteiger partial charge in [0.1, 0.15) is 5.82 Å². The summed E-state index contributed by atoms with van der Waals surface area (Å²) in [5.41, 5.74) is 1.16. The molecule has 3 aromatic rings. The normalized spacial score (nSPS) is 10.7. The molecule has 0 aliphatic rings. The molecule has 0 fully saturated rings. The summed E-state index contributed by atoms with van der Waals surface area (Å²) in [6, 6.07) is 14.8. The smallest absolute Gasteiger partial charge is 0.354 e. The van der Waals surface area contributed by atoms with Crippen LogP contribution in [0.2, 0.25) is 5.02 Å². The topological polar surface area (TPSA) is 46.9 Å². The molecular formula is C15H12ClN3O. The highest BCUT2D eigenvalue weighted by Gasteiger charge is 2.11. The molecular weight excluding hydrogens is 274 g/mol. The molecule has 1 N–H and O–H groups in total. The molecule has 0 radical (unpaired) electrons. The van der Waals surface area contributed by atoms with E-state index in [4.69, 9.17) is 11.6 Å². The fraction of sp³-hybridized carbons (Fsp3) is 0.0667. The quantitative estimate of drug-likeness (QED) is 0.787. The number of halogens is 1. The number of para-hydroxylation sites is 1. The van der Waals surface area contributed by atoms with Gasteiger partial charge in [-0.25, -0.2) is 4.79 Å². The van der Waals surface area contributed by atoms with Crippen LogP contribution < -0.4 is 11.0 Å². The van der Waals surface area contributed by atoms with Crippen LogP contribution >= 0.6 is 11.6 Å². The van der Waals surface area contributed by atoms with Crippen LogP contribution in [0.3, 0.4) is 0 Å². The van der Waals surface area contributed by atoms with Crippen molar-refractivity contribution in [3.05, 3.63) is 64.0 Å². The fourth-order valence-electron chi connectivity index (χ4n) is 2.22. The average Bonchev–Trinajstić information content (AvgIpc) is 2.47. The number of hydrogen-bond donors (Lipinski definition) is 1. The van der Waals surface area contributed by atoms with Crippen LogP contribution in [0.1, 0.15) is 0 Å². The van der Waals surface area contributed by atoms with Gasteiger partial charge in [0.05, 0.1) is 11.2 Å². The van der Waals surface area contributed by atoms with Gasteiger partial charge in [0.25, 0.3) is 0 Å². The number of nitrogens with one attached hydrogen (secondary N) is 1. The SMILES string of the molecule is CNc1nc(=O)n(-c2ccccc2)c2cc(Cl)ccc12. The van der Waals surface area contributed by atoms with Crippen molar-refractivity contribution in [2.75, 3.05) is 12.4 Å². The Hall–Kier alpha value is -2.33. The van der Waals surface area contributed by atoms with E-state index < -0.39 is 0 Å². The lowest BCUT2D eigenvalue weighted by Crippen LogP contribution is -2.23. The Morgan fingerprint density at radius 3 is 2.60 bits per heavy atom. The molecule has 0 aliphatic carbocycles. The van der Waals surface area contributed by atoms with Crippen molar-refractivity contribution < 1.29 is 0 Å². The number of benzene rings is 2. The Morgan fingerprint density at radius 1 is 1.15 bits per heavy atom. The molecule has 0 saturated heterocycles. The molecule has 0 unspecified atom stereocenters. The van der Waals surface area contributed by atoms with Gasteiger partial charge in [-0.15, -0.1) is 0 Å². The third kappa shape index (κ3) is 2.04. The summed E-state index contributed by atoms with van der Waals surface area (Å²) >= 11 is 6.07. The minimum absolute atomic E-state index is 0.338. The number of aromatic nitrogens is 2. The number of fused-ring (bicyclic) bond motifs is 1. The number of nitrogens with zero attached hydrogens (tertiary/aromatic N) is 2. The molecule has 0 atom stereocenters. The molecule has 3 rings (SSSR count). The minimum Gasteiger partial charge on any atom is -0.372 e. The van der Waals surface area contributed by atoms with E-state index in [-0.39, 0.29) is 5.69 Å². The van der Waals surface area contributed by atoms with Gasteiger partial charge in [-0.3, -0.25) is 4.57 Å². The van der Waals surface area contributed by atoms with Gasteiger partial charge in [-0.2, -0.15) is 4.98 Å². The van der Waals surface area contributed by atoms with Crippen LogP contribution in [0.4, 0.5) is 5.82 Å². The highest BCUT2D eigenvalue weighted by Crippen LogP contribution is 2.24. The molecule has 5 heteroatoms. The van der Waals surface area contributed by atoms with Crippen molar-refractivity contribution in [3.8, 4) is 5.69 Å². The standard InChI is InChI=1S/C15H12ClN3O/c1-17-14-12-8-7-10(16)9-13(12)19(15(20)18-14)11-5-3-2-4-6-11/h2-9H,1H3,(H,17,18,20). The second-order valence-corrected chi connectivity index (χ2v) is 4.76. The van der Waals surface area contributed by atoms with Crippen molar-refractivity contribution in [3.63, 3.8) is 0 Å². The number of anilines is 1. The second-order valence-electron chi connectivity index (χ2n) is 4.33. The monoisotopic (exact) mass is 285 g/mol. The first-order chi connectivity index (χ1) is 9.70. The summed E-state index contributed by atoms with van der Waals surface area (Å²) in [6.45, 7) is 0. The predicted molar refractivity (Wildman–Crippen MR) is 81.9 cm³/mol. The van der Waals surface area contributed by atoms with Gasteiger partial charge in [0.15, 0.2) is 0 Å². The molecule has 0 amide bonds. The first-order valence-electron chi connectivity index (χ1n) is 6.16. The molecule has 0 saturated carbocycles. The zero-order valence-electron chi connectivity index (χ0n) is 10.8. The predicted octanol–water partition coefficient (Wildman–Crippen LogP) is 3.08. The zero-order valence-corrected chi connectivity index (χ0v) is 11.6. The van der Waals surface area contributed by atoms with Crippen molar-refractivity contribution >= 4 is 28.3 Å². The maximum absolute atomic E-state index is 12.3. The molecule has 0 bridgehead atoms. The molecule has 0 aliphatic heterocycles. The number of hydrogen-bond acceptors (Lipinski definition) is 3. The van der Waals surface area contributed by atoms with Crippen LogP contribution in [-0.2, 0) is 0 Å². The van der Waals surface area contributed by atoms with Crippen molar-refractivity contribution in [2.45, 2.75) is 0 Å². The molecule has 1 aromatic heterocycles. The van der Waals surface area contributed by atoms with Crippen LogP contribution in [0.25, 0.3) is 16.6 Å². The fourth-order valence-corrected chi connectivity index (χ4v) is 2.38. The van der Waals surface area contributed by atoms with E-state index in [1.165, 1.54) is 0 Å². The molecule has 1 heterocycles.